The molecular formula is C10H20O4. The molecule has 0 aliphatic carbocycles. The van der Waals surface area contributed by atoms with E-state index in [1.54, 1.807) is 0 Å². The van der Waals surface area contributed by atoms with Gasteiger partial charge >= 0.3 is 0 Å². The zero-order chi connectivity index (χ0) is 10.4. The van der Waals surface area contributed by atoms with Crippen molar-refractivity contribution in [3.63, 3.8) is 0 Å². The Balaban J connectivity index is 2.20. The first-order valence-electron chi connectivity index (χ1n) is 5.23. The third-order valence-electron chi connectivity index (χ3n) is 2.23. The lowest BCUT2D eigenvalue weighted by atomic mass is 10.1. The number of ether oxygens (including phenoxy) is 3. The van der Waals surface area contributed by atoms with Gasteiger partial charge in [0, 0.05) is 13.2 Å². The molecule has 1 fully saturated rings. The van der Waals surface area contributed by atoms with E-state index >= 15 is 0 Å². The molecule has 4 nitrogen and oxygen atoms in total. The van der Waals surface area contributed by atoms with Crippen LogP contribution in [0.25, 0.3) is 0 Å². The van der Waals surface area contributed by atoms with Crippen LogP contribution in [0.3, 0.4) is 0 Å². The number of hydrogen-bond donors (Lipinski definition) is 1. The second kappa shape index (κ2) is 6.35. The molecule has 1 saturated heterocycles. The monoisotopic (exact) mass is 204 g/mol. The van der Waals surface area contributed by atoms with Crippen molar-refractivity contribution in [3.05, 3.63) is 0 Å². The molecule has 0 bridgehead atoms. The van der Waals surface area contributed by atoms with E-state index in [0.29, 0.717) is 32.8 Å². The van der Waals surface area contributed by atoms with E-state index in [-0.39, 0.29) is 12.2 Å². The molecule has 84 valence electrons. The van der Waals surface area contributed by atoms with Crippen LogP contribution in [-0.4, -0.2) is 49.8 Å². The molecule has 0 aromatic carbocycles. The fraction of sp³-hybridized carbons (Fsp3) is 1.00. The fourth-order valence-corrected chi connectivity index (χ4v) is 1.45. The van der Waals surface area contributed by atoms with Crippen LogP contribution in [0, 0.1) is 0 Å². The minimum Gasteiger partial charge on any atom is -0.390 e. The zero-order valence-electron chi connectivity index (χ0n) is 8.94. The average molecular weight is 204 g/mol. The molecule has 1 rings (SSSR count). The minimum absolute atomic E-state index is 0.0105. The molecule has 0 saturated carbocycles. The summed E-state index contributed by atoms with van der Waals surface area (Å²) in [7, 11) is 0. The van der Waals surface area contributed by atoms with Crippen LogP contribution in [-0.2, 0) is 14.2 Å². The molecule has 0 spiro atoms. The van der Waals surface area contributed by atoms with E-state index in [1.807, 2.05) is 13.8 Å². The van der Waals surface area contributed by atoms with E-state index in [2.05, 4.69) is 0 Å². The molecular weight excluding hydrogens is 184 g/mol. The van der Waals surface area contributed by atoms with Crippen LogP contribution in [0.5, 0.6) is 0 Å². The van der Waals surface area contributed by atoms with E-state index in [0.717, 1.165) is 0 Å². The highest BCUT2D eigenvalue weighted by Crippen LogP contribution is 2.13. The van der Waals surface area contributed by atoms with Gasteiger partial charge in [-0.05, 0) is 20.3 Å². The predicted molar refractivity (Wildman–Crippen MR) is 52.3 cm³/mol. The summed E-state index contributed by atoms with van der Waals surface area (Å²) in [5.41, 5.74) is 0. The van der Waals surface area contributed by atoms with Gasteiger partial charge in [-0.2, -0.15) is 0 Å². The van der Waals surface area contributed by atoms with Crippen molar-refractivity contribution in [2.45, 2.75) is 38.6 Å². The molecule has 0 amide bonds. The Morgan fingerprint density at radius 3 is 3.00 bits per heavy atom. The van der Waals surface area contributed by atoms with Gasteiger partial charge in [0.25, 0.3) is 0 Å². The first-order chi connectivity index (χ1) is 6.74. The number of hydrogen-bond acceptors (Lipinski definition) is 4. The highest BCUT2D eigenvalue weighted by molar-refractivity contribution is 4.73. The summed E-state index contributed by atoms with van der Waals surface area (Å²) in [5.74, 6) is 0. The summed E-state index contributed by atoms with van der Waals surface area (Å²) in [6, 6.07) is 0. The zero-order valence-corrected chi connectivity index (χ0v) is 8.94. The molecule has 1 aliphatic heterocycles. The summed E-state index contributed by atoms with van der Waals surface area (Å²) in [6.07, 6.45) is 0.0785. The maximum Gasteiger partial charge on any atom is 0.107 e. The first kappa shape index (κ1) is 11.9. The number of aliphatic hydroxyl groups is 1. The van der Waals surface area contributed by atoms with Crippen molar-refractivity contribution < 1.29 is 19.3 Å². The minimum atomic E-state index is -0.396. The SMILES string of the molecule is CCOCC(C)OC1COCCC1O. The molecule has 4 heteroatoms. The fourth-order valence-electron chi connectivity index (χ4n) is 1.45. The van der Waals surface area contributed by atoms with Crippen molar-refractivity contribution in [1.29, 1.82) is 0 Å². The second-order valence-electron chi connectivity index (χ2n) is 3.58. The van der Waals surface area contributed by atoms with Crippen LogP contribution < -0.4 is 0 Å². The van der Waals surface area contributed by atoms with Gasteiger partial charge in [0.2, 0.25) is 0 Å². The van der Waals surface area contributed by atoms with Gasteiger partial charge in [0.1, 0.15) is 6.10 Å². The van der Waals surface area contributed by atoms with Gasteiger partial charge in [-0.3, -0.25) is 0 Å². The van der Waals surface area contributed by atoms with Crippen LogP contribution in [0.1, 0.15) is 20.3 Å². The normalized spacial score (nSPS) is 30.2. The highest BCUT2D eigenvalue weighted by atomic mass is 16.6. The van der Waals surface area contributed by atoms with Crippen molar-refractivity contribution in [3.8, 4) is 0 Å². The molecule has 0 radical (unpaired) electrons. The van der Waals surface area contributed by atoms with Crippen LogP contribution in [0.2, 0.25) is 0 Å². The summed E-state index contributed by atoms with van der Waals surface area (Å²) < 4.78 is 16.1. The molecule has 1 N–H and O–H groups in total. The molecule has 1 heterocycles. The average Bonchev–Trinajstić information content (AvgIpc) is 2.18. The largest absolute Gasteiger partial charge is 0.390 e. The molecule has 3 unspecified atom stereocenters. The van der Waals surface area contributed by atoms with Crippen LogP contribution in [0.15, 0.2) is 0 Å². The van der Waals surface area contributed by atoms with Gasteiger partial charge in [-0.1, -0.05) is 0 Å². The van der Waals surface area contributed by atoms with E-state index in [9.17, 15) is 5.11 Å². The summed E-state index contributed by atoms with van der Waals surface area (Å²) in [4.78, 5) is 0. The van der Waals surface area contributed by atoms with Crippen LogP contribution in [0.4, 0.5) is 0 Å². The molecule has 0 aromatic heterocycles. The van der Waals surface area contributed by atoms with Gasteiger partial charge < -0.3 is 19.3 Å². The third-order valence-corrected chi connectivity index (χ3v) is 2.23. The Kier molecular flexibility index (Phi) is 5.40. The van der Waals surface area contributed by atoms with Gasteiger partial charge in [-0.25, -0.2) is 0 Å². The quantitative estimate of drug-likeness (QED) is 0.711. The Morgan fingerprint density at radius 2 is 2.36 bits per heavy atom. The Hall–Kier alpha value is -0.160. The standard InChI is InChI=1S/C10H20O4/c1-3-12-6-8(2)14-10-7-13-5-4-9(10)11/h8-11H,3-7H2,1-2H3. The maximum absolute atomic E-state index is 9.60. The van der Waals surface area contributed by atoms with Gasteiger partial charge in [0.15, 0.2) is 0 Å². The molecule has 0 aromatic rings. The van der Waals surface area contributed by atoms with E-state index in [4.69, 9.17) is 14.2 Å². The van der Waals surface area contributed by atoms with Crippen molar-refractivity contribution in [2.75, 3.05) is 26.4 Å². The van der Waals surface area contributed by atoms with Crippen molar-refractivity contribution >= 4 is 0 Å². The summed E-state index contributed by atoms with van der Waals surface area (Å²) in [5, 5.41) is 9.60. The van der Waals surface area contributed by atoms with E-state index in [1.165, 1.54) is 0 Å². The smallest absolute Gasteiger partial charge is 0.107 e. The van der Waals surface area contributed by atoms with Crippen LogP contribution >= 0.6 is 0 Å². The van der Waals surface area contributed by atoms with Crippen molar-refractivity contribution in [1.82, 2.24) is 0 Å². The highest BCUT2D eigenvalue weighted by Gasteiger charge is 2.25. The first-order valence-corrected chi connectivity index (χ1v) is 5.23. The lowest BCUT2D eigenvalue weighted by Gasteiger charge is -2.30. The Labute approximate surface area is 85.2 Å². The maximum atomic E-state index is 9.60. The molecule has 3 atom stereocenters. The topological polar surface area (TPSA) is 47.9 Å². The van der Waals surface area contributed by atoms with Crippen molar-refractivity contribution in [2.24, 2.45) is 0 Å². The number of aliphatic hydroxyl groups excluding tert-OH is 1. The Bertz CT molecular complexity index is 151. The van der Waals surface area contributed by atoms with Gasteiger partial charge in [-0.15, -0.1) is 0 Å². The summed E-state index contributed by atoms with van der Waals surface area (Å²) in [6.45, 7) is 6.26. The molecule has 1 aliphatic rings. The lowest BCUT2D eigenvalue weighted by molar-refractivity contribution is -0.148. The predicted octanol–water partition coefficient (Wildman–Crippen LogP) is 0.578. The second-order valence-corrected chi connectivity index (χ2v) is 3.58. The lowest BCUT2D eigenvalue weighted by Crippen LogP contribution is -2.41. The Morgan fingerprint density at radius 1 is 1.57 bits per heavy atom. The van der Waals surface area contributed by atoms with E-state index < -0.39 is 6.10 Å². The summed E-state index contributed by atoms with van der Waals surface area (Å²) >= 11 is 0. The number of rotatable bonds is 5. The third kappa shape index (κ3) is 3.92. The molecule has 14 heavy (non-hydrogen) atoms. The van der Waals surface area contributed by atoms with Gasteiger partial charge in [0.05, 0.1) is 25.4 Å².